The summed E-state index contributed by atoms with van der Waals surface area (Å²) in [5, 5.41) is 18.7. The zero-order valence-electron chi connectivity index (χ0n) is 22.1. The molecule has 2 aliphatic heterocycles. The van der Waals surface area contributed by atoms with E-state index in [9.17, 15) is 19.6 Å². The van der Waals surface area contributed by atoms with Gasteiger partial charge in [-0.25, -0.2) is 0 Å². The number of amides is 1. The molecule has 0 aromatic carbocycles. The van der Waals surface area contributed by atoms with Crippen molar-refractivity contribution in [2.75, 3.05) is 24.5 Å². The number of nitriles is 1. The molecule has 0 radical (unpaired) electrons. The molecule has 1 aromatic rings. The number of thioether (sulfide) groups is 1. The van der Waals surface area contributed by atoms with Crippen LogP contribution in [0.3, 0.4) is 0 Å². The number of carboxylic acid groups (broad SMARTS) is 1. The third-order valence-electron chi connectivity index (χ3n) is 6.88. The van der Waals surface area contributed by atoms with Crippen molar-refractivity contribution >= 4 is 52.1 Å². The fraction of sp³-hybridized carbons (Fsp3) is 0.593. The molecule has 2 aliphatic rings. The summed E-state index contributed by atoms with van der Waals surface area (Å²) in [6.07, 6.45) is 5.71. The first-order valence-corrected chi connectivity index (χ1v) is 14.2. The van der Waals surface area contributed by atoms with Gasteiger partial charge in [-0.15, -0.1) is 0 Å². The van der Waals surface area contributed by atoms with E-state index in [0.717, 1.165) is 37.3 Å². The number of aliphatic carboxylic acids is 1. The van der Waals surface area contributed by atoms with Gasteiger partial charge in [0.25, 0.3) is 11.5 Å². The van der Waals surface area contributed by atoms with E-state index >= 15 is 0 Å². The summed E-state index contributed by atoms with van der Waals surface area (Å²) in [6, 6.07) is 2.10. The molecule has 3 heterocycles. The fourth-order valence-electron chi connectivity index (χ4n) is 5.30. The standard InChI is InChI=1S/C27H36N4O4S2/c1-5-10-30-24(29-15-17(2)12-18(3)16-29)20(19(4)21(14-28)25(30)34)13-22-26(35)31(27(36)37-22)11-8-6-7-9-23(32)33/h13,17-18H,5-12,15-16H2,1-4H3,(H,32,33). The first kappa shape index (κ1) is 28.9. The highest BCUT2D eigenvalue weighted by Gasteiger charge is 2.34. The number of carbonyl (C=O) groups is 2. The van der Waals surface area contributed by atoms with Crippen molar-refractivity contribution in [3.8, 4) is 6.07 Å². The molecule has 1 N–H and O–H groups in total. The van der Waals surface area contributed by atoms with Gasteiger partial charge in [0.2, 0.25) is 0 Å². The second kappa shape index (κ2) is 12.7. The van der Waals surface area contributed by atoms with E-state index < -0.39 is 5.97 Å². The molecular weight excluding hydrogens is 508 g/mol. The second-order valence-electron chi connectivity index (χ2n) is 10.2. The molecule has 0 bridgehead atoms. The molecule has 1 aromatic heterocycles. The molecule has 8 nitrogen and oxygen atoms in total. The fourth-order valence-corrected chi connectivity index (χ4v) is 6.59. The van der Waals surface area contributed by atoms with Crippen LogP contribution in [0.15, 0.2) is 9.70 Å². The van der Waals surface area contributed by atoms with Gasteiger partial charge in [-0.2, -0.15) is 5.26 Å². The molecule has 2 fully saturated rings. The smallest absolute Gasteiger partial charge is 0.303 e. The zero-order chi connectivity index (χ0) is 27.3. The zero-order valence-corrected chi connectivity index (χ0v) is 23.7. The van der Waals surface area contributed by atoms with Crippen molar-refractivity contribution in [2.45, 2.75) is 72.8 Å². The molecule has 1 amide bonds. The average molecular weight is 545 g/mol. The Morgan fingerprint density at radius 1 is 1.19 bits per heavy atom. The SMILES string of the molecule is CCCn1c(N2CC(C)CC(C)C2)c(C=C2SC(=S)N(CCCCCC(=O)O)C2=O)c(C)c(C#N)c1=O. The van der Waals surface area contributed by atoms with E-state index in [1.165, 1.54) is 11.8 Å². The lowest BCUT2D eigenvalue weighted by molar-refractivity contribution is -0.137. The molecule has 200 valence electrons. The van der Waals surface area contributed by atoms with Gasteiger partial charge >= 0.3 is 5.97 Å². The molecule has 0 aliphatic carbocycles. The van der Waals surface area contributed by atoms with Crippen molar-refractivity contribution in [2.24, 2.45) is 11.8 Å². The summed E-state index contributed by atoms with van der Waals surface area (Å²) in [7, 11) is 0. The Labute approximate surface area is 228 Å². The first-order valence-electron chi connectivity index (χ1n) is 13.0. The number of unbranched alkanes of at least 4 members (excludes halogenated alkanes) is 2. The summed E-state index contributed by atoms with van der Waals surface area (Å²) in [4.78, 5) is 41.7. The predicted octanol–water partition coefficient (Wildman–Crippen LogP) is 4.77. The number of hydrogen-bond acceptors (Lipinski definition) is 7. The predicted molar refractivity (Wildman–Crippen MR) is 152 cm³/mol. The molecule has 3 rings (SSSR count). The summed E-state index contributed by atoms with van der Waals surface area (Å²) < 4.78 is 2.18. The van der Waals surface area contributed by atoms with Crippen molar-refractivity contribution in [3.05, 3.63) is 31.9 Å². The van der Waals surface area contributed by atoms with E-state index in [1.54, 1.807) is 16.4 Å². The number of thiocarbonyl (C=S) groups is 1. The number of piperidine rings is 1. The van der Waals surface area contributed by atoms with Crippen LogP contribution < -0.4 is 10.5 Å². The van der Waals surface area contributed by atoms with E-state index in [2.05, 4.69) is 24.8 Å². The van der Waals surface area contributed by atoms with Gasteiger partial charge in [0.15, 0.2) is 0 Å². The van der Waals surface area contributed by atoms with Gasteiger partial charge in [-0.3, -0.25) is 23.9 Å². The van der Waals surface area contributed by atoms with Gasteiger partial charge in [-0.1, -0.05) is 51.2 Å². The van der Waals surface area contributed by atoms with Gasteiger partial charge in [0, 0.05) is 38.2 Å². The Kier molecular flexibility index (Phi) is 9.96. The second-order valence-corrected chi connectivity index (χ2v) is 11.9. The van der Waals surface area contributed by atoms with E-state index in [-0.39, 0.29) is 23.5 Å². The normalized spacial score (nSPS) is 21.1. The Morgan fingerprint density at radius 3 is 2.46 bits per heavy atom. The number of nitrogens with zero attached hydrogens (tertiary/aromatic N) is 4. The number of carbonyl (C=O) groups excluding carboxylic acids is 1. The third kappa shape index (κ3) is 6.63. The van der Waals surface area contributed by atoms with Crippen LogP contribution in [-0.2, 0) is 16.1 Å². The van der Waals surface area contributed by atoms with Crippen LogP contribution >= 0.6 is 24.0 Å². The minimum atomic E-state index is -0.821. The van der Waals surface area contributed by atoms with Crippen molar-refractivity contribution < 1.29 is 14.7 Å². The minimum absolute atomic E-state index is 0.107. The monoisotopic (exact) mass is 544 g/mol. The highest BCUT2D eigenvalue weighted by molar-refractivity contribution is 8.26. The van der Waals surface area contributed by atoms with Crippen LogP contribution in [-0.4, -0.2) is 50.4 Å². The number of anilines is 1. The van der Waals surface area contributed by atoms with Crippen molar-refractivity contribution in [1.29, 1.82) is 5.26 Å². The van der Waals surface area contributed by atoms with Gasteiger partial charge in [-0.05, 0) is 56.1 Å². The number of aromatic nitrogens is 1. The van der Waals surface area contributed by atoms with E-state index in [4.69, 9.17) is 17.3 Å². The molecule has 2 atom stereocenters. The maximum absolute atomic E-state index is 13.4. The maximum atomic E-state index is 13.4. The average Bonchev–Trinajstić information content (AvgIpc) is 3.08. The van der Waals surface area contributed by atoms with Gasteiger partial charge < -0.3 is 10.0 Å². The quantitative estimate of drug-likeness (QED) is 0.255. The highest BCUT2D eigenvalue weighted by atomic mass is 32.2. The van der Waals surface area contributed by atoms with Crippen LogP contribution in [0.1, 0.15) is 76.0 Å². The van der Waals surface area contributed by atoms with E-state index in [0.29, 0.717) is 59.0 Å². The number of pyridine rings is 1. The summed E-state index contributed by atoms with van der Waals surface area (Å²) in [5.41, 5.74) is 1.14. The van der Waals surface area contributed by atoms with Crippen LogP contribution in [0.25, 0.3) is 6.08 Å². The Hall–Kier alpha value is -2.64. The van der Waals surface area contributed by atoms with Crippen LogP contribution in [0.4, 0.5) is 5.82 Å². The first-order chi connectivity index (χ1) is 17.6. The molecule has 2 saturated heterocycles. The molecule has 37 heavy (non-hydrogen) atoms. The summed E-state index contributed by atoms with van der Waals surface area (Å²) in [5.74, 6) is 0.680. The number of hydrogen-bond donors (Lipinski definition) is 1. The van der Waals surface area contributed by atoms with Crippen LogP contribution in [0, 0.1) is 30.1 Å². The number of carboxylic acids is 1. The molecule has 0 spiro atoms. The lowest BCUT2D eigenvalue weighted by atomic mass is 9.91. The Balaban J connectivity index is 2.03. The molecule has 10 heteroatoms. The van der Waals surface area contributed by atoms with E-state index in [1.807, 2.05) is 13.0 Å². The minimum Gasteiger partial charge on any atom is -0.481 e. The van der Waals surface area contributed by atoms with Crippen LogP contribution in [0.5, 0.6) is 0 Å². The summed E-state index contributed by atoms with van der Waals surface area (Å²) in [6.45, 7) is 10.7. The lowest BCUT2D eigenvalue weighted by Crippen LogP contribution is -2.43. The third-order valence-corrected chi connectivity index (χ3v) is 8.26. The largest absolute Gasteiger partial charge is 0.481 e. The molecule has 0 saturated carbocycles. The molecule has 2 unspecified atom stereocenters. The van der Waals surface area contributed by atoms with Crippen LogP contribution in [0.2, 0.25) is 0 Å². The van der Waals surface area contributed by atoms with Crippen molar-refractivity contribution in [1.82, 2.24) is 9.47 Å². The topological polar surface area (TPSA) is 107 Å². The van der Waals surface area contributed by atoms with Gasteiger partial charge in [0.1, 0.15) is 21.8 Å². The van der Waals surface area contributed by atoms with Gasteiger partial charge in [0.05, 0.1) is 4.91 Å². The highest BCUT2D eigenvalue weighted by Crippen LogP contribution is 2.37. The lowest BCUT2D eigenvalue weighted by Gasteiger charge is -2.39. The Morgan fingerprint density at radius 2 is 1.86 bits per heavy atom. The maximum Gasteiger partial charge on any atom is 0.303 e. The van der Waals surface area contributed by atoms with Crippen molar-refractivity contribution in [3.63, 3.8) is 0 Å². The molecular formula is C27H36N4O4S2. The Bertz CT molecular complexity index is 1190. The summed E-state index contributed by atoms with van der Waals surface area (Å²) >= 11 is 6.74. The number of rotatable bonds is 10.